The number of aldehydes is 1. The average Bonchev–Trinajstić information content (AvgIpc) is 2.12. The van der Waals surface area contributed by atoms with E-state index in [4.69, 9.17) is 0 Å². The Balaban J connectivity index is 4.35. The summed E-state index contributed by atoms with van der Waals surface area (Å²) in [5.41, 5.74) is 2.25. The summed E-state index contributed by atoms with van der Waals surface area (Å²) >= 11 is 0. The summed E-state index contributed by atoms with van der Waals surface area (Å²) in [6, 6.07) is 0. The van der Waals surface area contributed by atoms with Crippen molar-refractivity contribution in [1.82, 2.24) is 0 Å². The van der Waals surface area contributed by atoms with E-state index < -0.39 is 7.60 Å². The van der Waals surface area contributed by atoms with Crippen LogP contribution >= 0.6 is 7.60 Å². The lowest BCUT2D eigenvalue weighted by Crippen LogP contribution is -1.83. The highest BCUT2D eigenvalue weighted by Gasteiger charge is 2.15. The van der Waals surface area contributed by atoms with Gasteiger partial charge in [-0.25, -0.2) is 4.57 Å². The summed E-state index contributed by atoms with van der Waals surface area (Å²) < 4.78 is 20.2. The van der Waals surface area contributed by atoms with Crippen LogP contribution in [0, 0.1) is 11.6 Å². The Bertz CT molecular complexity index is 263. The van der Waals surface area contributed by atoms with E-state index in [1.807, 2.05) is 0 Å². The lowest BCUT2D eigenvalue weighted by atomic mass is 10.5. The molecular formula is C7H9O4P. The smallest absolute Gasteiger partial charge is 0.303 e. The minimum absolute atomic E-state index is 0.569. The summed E-state index contributed by atoms with van der Waals surface area (Å²) in [5, 5.41) is 0. The van der Waals surface area contributed by atoms with Crippen molar-refractivity contribution < 1.29 is 18.4 Å². The van der Waals surface area contributed by atoms with Crippen molar-refractivity contribution in [1.29, 1.82) is 0 Å². The molecule has 0 aliphatic rings. The molecule has 0 rings (SSSR count). The van der Waals surface area contributed by atoms with Crippen LogP contribution in [-0.2, 0) is 18.4 Å². The van der Waals surface area contributed by atoms with Gasteiger partial charge in [0.05, 0.1) is 0 Å². The van der Waals surface area contributed by atoms with Gasteiger partial charge in [0.1, 0.15) is 6.29 Å². The standard InChI is InChI=1S/C7H9O4P/c1-10-12(9,11-2)7-5-3-4-6-8/h3-4,6H,1-2H3/b4-3+. The van der Waals surface area contributed by atoms with Gasteiger partial charge in [-0.05, 0) is 12.2 Å². The molecule has 0 aromatic carbocycles. The van der Waals surface area contributed by atoms with Gasteiger partial charge >= 0.3 is 7.60 Å². The van der Waals surface area contributed by atoms with Crippen molar-refractivity contribution in [2.75, 3.05) is 14.2 Å². The van der Waals surface area contributed by atoms with Gasteiger partial charge in [0.25, 0.3) is 0 Å². The summed E-state index contributed by atoms with van der Waals surface area (Å²) in [5.74, 6) is 2.35. The Labute approximate surface area is 71.1 Å². The third-order valence-corrected chi connectivity index (χ3v) is 2.30. The van der Waals surface area contributed by atoms with Crippen LogP contribution in [0.3, 0.4) is 0 Å². The highest BCUT2D eigenvalue weighted by molar-refractivity contribution is 7.59. The average molecular weight is 188 g/mol. The molecule has 0 atom stereocenters. The molecule has 0 aromatic heterocycles. The predicted octanol–water partition coefficient (Wildman–Crippen LogP) is 1.19. The van der Waals surface area contributed by atoms with Gasteiger partial charge in [-0.3, -0.25) is 4.79 Å². The zero-order valence-corrected chi connectivity index (χ0v) is 7.71. The first-order valence-electron chi connectivity index (χ1n) is 3.03. The second kappa shape index (κ2) is 5.73. The topological polar surface area (TPSA) is 52.6 Å². The van der Waals surface area contributed by atoms with Crippen LogP contribution < -0.4 is 0 Å². The largest absolute Gasteiger partial charge is 0.405 e. The Morgan fingerprint density at radius 1 is 1.33 bits per heavy atom. The number of allylic oxidation sites excluding steroid dienone is 2. The molecule has 0 radical (unpaired) electrons. The van der Waals surface area contributed by atoms with E-state index in [0.717, 1.165) is 0 Å². The van der Waals surface area contributed by atoms with Gasteiger partial charge < -0.3 is 9.05 Å². The quantitative estimate of drug-likeness (QED) is 0.289. The molecule has 12 heavy (non-hydrogen) atoms. The fourth-order valence-electron chi connectivity index (χ4n) is 0.370. The Morgan fingerprint density at radius 2 is 1.92 bits per heavy atom. The molecule has 5 heteroatoms. The van der Waals surface area contributed by atoms with Crippen molar-refractivity contribution in [3.05, 3.63) is 12.2 Å². The van der Waals surface area contributed by atoms with E-state index >= 15 is 0 Å². The molecule has 4 nitrogen and oxygen atoms in total. The minimum atomic E-state index is -3.25. The van der Waals surface area contributed by atoms with Gasteiger partial charge in [0, 0.05) is 19.9 Å². The van der Waals surface area contributed by atoms with Crippen LogP contribution in [0.2, 0.25) is 0 Å². The highest BCUT2D eigenvalue weighted by Crippen LogP contribution is 2.44. The molecule has 0 saturated heterocycles. The molecular weight excluding hydrogens is 179 g/mol. The lowest BCUT2D eigenvalue weighted by molar-refractivity contribution is -0.104. The second-order valence-electron chi connectivity index (χ2n) is 1.61. The van der Waals surface area contributed by atoms with E-state index in [2.05, 4.69) is 20.6 Å². The number of carbonyl (C=O) groups is 1. The minimum Gasteiger partial charge on any atom is -0.303 e. The maximum Gasteiger partial charge on any atom is 0.405 e. The number of rotatable bonds is 3. The second-order valence-corrected chi connectivity index (χ2v) is 3.56. The lowest BCUT2D eigenvalue weighted by Gasteiger charge is -2.03. The molecule has 0 aromatic rings. The first-order valence-corrected chi connectivity index (χ1v) is 4.57. The van der Waals surface area contributed by atoms with Gasteiger partial charge in [0.2, 0.25) is 0 Å². The zero-order valence-electron chi connectivity index (χ0n) is 6.81. The van der Waals surface area contributed by atoms with Crippen LogP contribution in [-0.4, -0.2) is 20.5 Å². The maximum absolute atomic E-state index is 11.2. The molecule has 0 fully saturated rings. The van der Waals surface area contributed by atoms with Gasteiger partial charge in [-0.2, -0.15) is 0 Å². The van der Waals surface area contributed by atoms with Crippen LogP contribution in [0.5, 0.6) is 0 Å². The normalized spacial score (nSPS) is 10.8. The van der Waals surface area contributed by atoms with E-state index in [9.17, 15) is 9.36 Å². The number of hydrogen-bond donors (Lipinski definition) is 0. The molecule has 0 aliphatic heterocycles. The number of carbonyl (C=O) groups excluding carboxylic acids is 1. The van der Waals surface area contributed by atoms with Crippen LogP contribution in [0.15, 0.2) is 12.2 Å². The Kier molecular flexibility index (Phi) is 5.31. The van der Waals surface area contributed by atoms with E-state index in [-0.39, 0.29) is 0 Å². The first-order chi connectivity index (χ1) is 5.68. The molecule has 0 N–H and O–H groups in total. The fraction of sp³-hybridized carbons (Fsp3) is 0.286. The van der Waals surface area contributed by atoms with E-state index in [1.54, 1.807) is 0 Å². The molecule has 0 aliphatic carbocycles. The highest BCUT2D eigenvalue weighted by atomic mass is 31.2. The van der Waals surface area contributed by atoms with Crippen LogP contribution in [0.1, 0.15) is 0 Å². The maximum atomic E-state index is 11.2. The van der Waals surface area contributed by atoms with E-state index in [0.29, 0.717) is 6.29 Å². The van der Waals surface area contributed by atoms with Crippen LogP contribution in [0.25, 0.3) is 0 Å². The summed E-state index contributed by atoms with van der Waals surface area (Å²) in [7, 11) is -0.773. The third-order valence-electron chi connectivity index (χ3n) is 0.940. The molecule has 66 valence electrons. The van der Waals surface area contributed by atoms with Crippen molar-refractivity contribution in [3.8, 4) is 11.6 Å². The summed E-state index contributed by atoms with van der Waals surface area (Å²) in [4.78, 5) is 9.78. The predicted molar refractivity (Wildman–Crippen MR) is 44.6 cm³/mol. The fourth-order valence-corrected chi connectivity index (χ4v) is 0.934. The molecule has 0 spiro atoms. The van der Waals surface area contributed by atoms with Crippen molar-refractivity contribution in [2.45, 2.75) is 0 Å². The molecule has 0 amide bonds. The number of hydrogen-bond acceptors (Lipinski definition) is 4. The molecule has 0 unspecified atom stereocenters. The summed E-state index contributed by atoms with van der Waals surface area (Å²) in [6.07, 6.45) is 3.01. The SMILES string of the molecule is COP(=O)(C#C/C=C/C=O)OC. The van der Waals surface area contributed by atoms with Crippen molar-refractivity contribution in [2.24, 2.45) is 0 Å². The van der Waals surface area contributed by atoms with Crippen molar-refractivity contribution in [3.63, 3.8) is 0 Å². The molecule has 0 bridgehead atoms. The van der Waals surface area contributed by atoms with Gasteiger partial charge in [-0.1, -0.05) is 5.92 Å². The van der Waals surface area contributed by atoms with Crippen LogP contribution in [0.4, 0.5) is 0 Å². The Hall–Kier alpha value is -0.880. The van der Waals surface area contributed by atoms with Gasteiger partial charge in [-0.15, -0.1) is 0 Å². The Morgan fingerprint density at radius 3 is 2.33 bits per heavy atom. The molecule has 0 saturated carbocycles. The monoisotopic (exact) mass is 188 g/mol. The molecule has 0 heterocycles. The summed E-state index contributed by atoms with van der Waals surface area (Å²) in [6.45, 7) is 0. The zero-order chi connectivity index (χ0) is 9.45. The third kappa shape index (κ3) is 4.09. The van der Waals surface area contributed by atoms with Gasteiger partial charge in [0.15, 0.2) is 0 Å². The van der Waals surface area contributed by atoms with E-state index in [1.165, 1.54) is 26.4 Å². The first kappa shape index (κ1) is 11.1. The van der Waals surface area contributed by atoms with Crippen molar-refractivity contribution >= 4 is 13.9 Å².